The molecule has 5 nitrogen and oxygen atoms in total. The predicted molar refractivity (Wildman–Crippen MR) is 73.4 cm³/mol. The van der Waals surface area contributed by atoms with E-state index in [1.165, 1.54) is 6.07 Å². The molecule has 0 aromatic heterocycles. The Morgan fingerprint density at radius 3 is 2.74 bits per heavy atom. The average molecular weight is 283 g/mol. The van der Waals surface area contributed by atoms with E-state index in [1.54, 1.807) is 19.1 Å². The molecule has 1 aliphatic rings. The molecule has 0 aliphatic carbocycles. The number of benzene rings is 1. The molecule has 0 spiro atoms. The number of hydrogen-bond acceptors (Lipinski definition) is 4. The fourth-order valence-corrected chi connectivity index (χ4v) is 4.10. The van der Waals surface area contributed by atoms with E-state index in [0.29, 0.717) is 18.5 Å². The van der Waals surface area contributed by atoms with Gasteiger partial charge in [0.05, 0.1) is 16.6 Å². The number of sulfone groups is 1. The van der Waals surface area contributed by atoms with E-state index in [4.69, 9.17) is 5.11 Å². The first-order chi connectivity index (χ1) is 8.90. The van der Waals surface area contributed by atoms with Crippen LogP contribution in [0, 0.1) is 6.92 Å². The number of carboxylic acid groups (broad SMARTS) is 1. The molecule has 1 atom stereocenters. The van der Waals surface area contributed by atoms with Gasteiger partial charge in [0.2, 0.25) is 0 Å². The summed E-state index contributed by atoms with van der Waals surface area (Å²) in [6, 6.07) is 4.92. The predicted octanol–water partition coefficient (Wildman–Crippen LogP) is 1.68. The standard InChI is InChI=1S/C13H17NO4S/c1-9-7-10(4-5-12(9)13(15)16)14-8-11-3-2-6-19(11,17)18/h4-5,7,11,14H,2-3,6,8H2,1H3,(H,15,16). The van der Waals surface area contributed by atoms with E-state index in [-0.39, 0.29) is 16.6 Å². The topological polar surface area (TPSA) is 83.5 Å². The highest BCUT2D eigenvalue weighted by Crippen LogP contribution is 2.21. The third kappa shape index (κ3) is 3.07. The normalized spacial score (nSPS) is 21.2. The zero-order valence-corrected chi connectivity index (χ0v) is 11.5. The van der Waals surface area contributed by atoms with E-state index in [2.05, 4.69) is 5.32 Å². The van der Waals surface area contributed by atoms with Gasteiger partial charge in [-0.25, -0.2) is 13.2 Å². The summed E-state index contributed by atoms with van der Waals surface area (Å²) in [7, 11) is -2.95. The number of carboxylic acids is 1. The third-order valence-electron chi connectivity index (χ3n) is 3.45. The number of nitrogens with one attached hydrogen (secondary N) is 1. The minimum atomic E-state index is -2.95. The van der Waals surface area contributed by atoms with Crippen LogP contribution in [-0.2, 0) is 9.84 Å². The first-order valence-corrected chi connectivity index (χ1v) is 7.91. The highest BCUT2D eigenvalue weighted by atomic mass is 32.2. The molecule has 1 fully saturated rings. The Bertz CT molecular complexity index is 595. The Labute approximate surface area is 112 Å². The van der Waals surface area contributed by atoms with Crippen molar-refractivity contribution >= 4 is 21.5 Å². The molecule has 1 saturated heterocycles. The number of aryl methyl sites for hydroxylation is 1. The minimum Gasteiger partial charge on any atom is -0.478 e. The number of anilines is 1. The Balaban J connectivity index is 2.05. The molecule has 2 N–H and O–H groups in total. The Morgan fingerprint density at radius 2 is 2.21 bits per heavy atom. The SMILES string of the molecule is Cc1cc(NCC2CCCS2(=O)=O)ccc1C(=O)O. The monoisotopic (exact) mass is 283 g/mol. The van der Waals surface area contributed by atoms with Crippen LogP contribution in [0.1, 0.15) is 28.8 Å². The summed E-state index contributed by atoms with van der Waals surface area (Å²) in [4.78, 5) is 10.9. The maximum atomic E-state index is 11.7. The Hall–Kier alpha value is -1.56. The largest absolute Gasteiger partial charge is 0.478 e. The van der Waals surface area contributed by atoms with Gasteiger partial charge >= 0.3 is 5.97 Å². The lowest BCUT2D eigenvalue weighted by atomic mass is 10.1. The van der Waals surface area contributed by atoms with Gasteiger partial charge in [-0.05, 0) is 43.5 Å². The highest BCUT2D eigenvalue weighted by Gasteiger charge is 2.30. The summed E-state index contributed by atoms with van der Waals surface area (Å²) in [6.07, 6.45) is 1.42. The molecular formula is C13H17NO4S. The molecule has 19 heavy (non-hydrogen) atoms. The smallest absolute Gasteiger partial charge is 0.335 e. The van der Waals surface area contributed by atoms with E-state index >= 15 is 0 Å². The summed E-state index contributed by atoms with van der Waals surface area (Å²) in [5.41, 5.74) is 1.68. The first-order valence-electron chi connectivity index (χ1n) is 6.19. The second-order valence-corrected chi connectivity index (χ2v) is 7.25. The summed E-state index contributed by atoms with van der Waals surface area (Å²) in [6.45, 7) is 2.11. The molecule has 0 radical (unpaired) electrons. The van der Waals surface area contributed by atoms with Crippen LogP contribution in [0.4, 0.5) is 5.69 Å². The van der Waals surface area contributed by atoms with Crippen molar-refractivity contribution in [3.63, 3.8) is 0 Å². The quantitative estimate of drug-likeness (QED) is 0.878. The van der Waals surface area contributed by atoms with Gasteiger partial charge in [0.15, 0.2) is 9.84 Å². The van der Waals surface area contributed by atoms with E-state index in [1.807, 2.05) is 0 Å². The van der Waals surface area contributed by atoms with Crippen molar-refractivity contribution in [3.8, 4) is 0 Å². The van der Waals surface area contributed by atoms with Gasteiger partial charge in [-0.2, -0.15) is 0 Å². The van der Waals surface area contributed by atoms with E-state index in [0.717, 1.165) is 12.1 Å². The fourth-order valence-electron chi connectivity index (χ4n) is 2.33. The van der Waals surface area contributed by atoms with Crippen LogP contribution in [0.3, 0.4) is 0 Å². The molecular weight excluding hydrogens is 266 g/mol. The van der Waals surface area contributed by atoms with E-state index < -0.39 is 15.8 Å². The van der Waals surface area contributed by atoms with Gasteiger partial charge in [-0.3, -0.25) is 0 Å². The maximum Gasteiger partial charge on any atom is 0.335 e. The van der Waals surface area contributed by atoms with Gasteiger partial charge in [-0.1, -0.05) is 0 Å². The van der Waals surface area contributed by atoms with Crippen LogP contribution >= 0.6 is 0 Å². The van der Waals surface area contributed by atoms with Crippen molar-refractivity contribution in [1.82, 2.24) is 0 Å². The second-order valence-electron chi connectivity index (χ2n) is 4.85. The molecule has 1 aromatic rings. The summed E-state index contributed by atoms with van der Waals surface area (Å²) < 4.78 is 23.4. The van der Waals surface area contributed by atoms with Crippen molar-refractivity contribution in [2.45, 2.75) is 25.0 Å². The number of carbonyl (C=O) groups is 1. The zero-order chi connectivity index (χ0) is 14.0. The molecule has 0 bridgehead atoms. The van der Waals surface area contributed by atoms with Gasteiger partial charge in [0.1, 0.15) is 0 Å². The molecule has 0 saturated carbocycles. The van der Waals surface area contributed by atoms with Gasteiger partial charge in [0.25, 0.3) is 0 Å². The summed E-state index contributed by atoms with van der Waals surface area (Å²) in [5.74, 6) is -0.682. The zero-order valence-electron chi connectivity index (χ0n) is 10.7. The van der Waals surface area contributed by atoms with Crippen LogP contribution in [0.5, 0.6) is 0 Å². The maximum absolute atomic E-state index is 11.7. The number of rotatable bonds is 4. The Morgan fingerprint density at radius 1 is 1.47 bits per heavy atom. The van der Waals surface area contributed by atoms with Crippen LogP contribution < -0.4 is 5.32 Å². The molecule has 6 heteroatoms. The molecule has 1 heterocycles. The number of hydrogen-bond donors (Lipinski definition) is 2. The van der Waals surface area contributed by atoms with Gasteiger partial charge < -0.3 is 10.4 Å². The number of aromatic carboxylic acids is 1. The van der Waals surface area contributed by atoms with Crippen molar-refractivity contribution in [2.24, 2.45) is 0 Å². The van der Waals surface area contributed by atoms with Crippen molar-refractivity contribution in [1.29, 1.82) is 0 Å². The van der Waals surface area contributed by atoms with E-state index in [9.17, 15) is 13.2 Å². The minimum absolute atomic E-state index is 0.263. The summed E-state index contributed by atoms with van der Waals surface area (Å²) >= 11 is 0. The lowest BCUT2D eigenvalue weighted by Gasteiger charge is -2.13. The van der Waals surface area contributed by atoms with Crippen molar-refractivity contribution in [3.05, 3.63) is 29.3 Å². The fraction of sp³-hybridized carbons (Fsp3) is 0.462. The molecule has 1 unspecified atom stereocenters. The Kier molecular flexibility index (Phi) is 3.80. The molecule has 1 aliphatic heterocycles. The van der Waals surface area contributed by atoms with Gasteiger partial charge in [-0.15, -0.1) is 0 Å². The first kappa shape index (κ1) is 13.9. The lowest BCUT2D eigenvalue weighted by molar-refractivity contribution is 0.0696. The molecule has 2 rings (SSSR count). The molecule has 0 amide bonds. The van der Waals surface area contributed by atoms with Crippen LogP contribution in [0.2, 0.25) is 0 Å². The van der Waals surface area contributed by atoms with Crippen molar-refractivity contribution < 1.29 is 18.3 Å². The third-order valence-corrected chi connectivity index (χ3v) is 5.73. The van der Waals surface area contributed by atoms with Crippen LogP contribution in [0.15, 0.2) is 18.2 Å². The second kappa shape index (κ2) is 5.21. The average Bonchev–Trinajstić information content (AvgIpc) is 2.65. The highest BCUT2D eigenvalue weighted by molar-refractivity contribution is 7.92. The van der Waals surface area contributed by atoms with Crippen LogP contribution in [-0.4, -0.2) is 37.0 Å². The lowest BCUT2D eigenvalue weighted by Crippen LogP contribution is -2.25. The van der Waals surface area contributed by atoms with Crippen LogP contribution in [0.25, 0.3) is 0 Å². The van der Waals surface area contributed by atoms with Gasteiger partial charge in [0, 0.05) is 12.2 Å². The summed E-state index contributed by atoms with van der Waals surface area (Å²) in [5, 5.41) is 11.7. The van der Waals surface area contributed by atoms with Crippen molar-refractivity contribution in [2.75, 3.05) is 17.6 Å². The molecule has 1 aromatic carbocycles. The molecule has 104 valence electrons.